The van der Waals surface area contributed by atoms with E-state index in [1.165, 1.54) is 12.1 Å². The Morgan fingerprint density at radius 1 is 1.05 bits per heavy atom. The van der Waals surface area contributed by atoms with Crippen LogP contribution in [0.15, 0.2) is 72.8 Å². The summed E-state index contributed by atoms with van der Waals surface area (Å²) in [6.07, 6.45) is 2.25. The van der Waals surface area contributed by atoms with Crippen molar-refractivity contribution in [1.29, 1.82) is 0 Å². The molecule has 2 aliphatic heterocycles. The molecule has 2 aliphatic rings. The zero-order chi connectivity index (χ0) is 28.7. The van der Waals surface area contributed by atoms with E-state index in [0.717, 1.165) is 35.7 Å². The van der Waals surface area contributed by atoms with Crippen LogP contribution >= 0.6 is 0 Å². The molecule has 0 bridgehead atoms. The van der Waals surface area contributed by atoms with E-state index in [0.29, 0.717) is 30.5 Å². The van der Waals surface area contributed by atoms with Crippen LogP contribution in [0.2, 0.25) is 0 Å². The number of halogens is 3. The van der Waals surface area contributed by atoms with Crippen LogP contribution in [0.4, 0.5) is 18.9 Å². The van der Waals surface area contributed by atoms with Gasteiger partial charge in [0.1, 0.15) is 11.5 Å². The molecule has 0 spiro atoms. The summed E-state index contributed by atoms with van der Waals surface area (Å²) in [5.74, 6) is -5.66. The number of fused-ring (bicyclic) bond motifs is 1. The number of hydrogen-bond donors (Lipinski definition) is 1. The van der Waals surface area contributed by atoms with Gasteiger partial charge in [-0.25, -0.2) is 9.07 Å². The number of amides is 2. The summed E-state index contributed by atoms with van der Waals surface area (Å²) in [6.45, 7) is 1.14. The minimum absolute atomic E-state index is 0.134. The lowest BCUT2D eigenvalue weighted by Crippen LogP contribution is -2.46. The van der Waals surface area contributed by atoms with E-state index in [9.17, 15) is 22.8 Å². The molecule has 3 heterocycles. The number of nitrogens with one attached hydrogen (secondary N) is 1. The van der Waals surface area contributed by atoms with Gasteiger partial charge in [0.15, 0.2) is 6.23 Å². The topological polar surface area (TPSA) is 76.5 Å². The molecule has 0 aliphatic carbocycles. The Morgan fingerprint density at radius 3 is 2.49 bits per heavy atom. The second-order valence-corrected chi connectivity index (χ2v) is 10.6. The Kier molecular flexibility index (Phi) is 7.03. The molecule has 3 atom stereocenters. The van der Waals surface area contributed by atoms with Gasteiger partial charge in [-0.15, -0.1) is 0 Å². The van der Waals surface area contributed by atoms with Gasteiger partial charge in [0, 0.05) is 36.6 Å². The summed E-state index contributed by atoms with van der Waals surface area (Å²) in [5.41, 5.74) is 3.36. The Bertz CT molecular complexity index is 1580. The van der Waals surface area contributed by atoms with Crippen molar-refractivity contribution in [3.05, 3.63) is 84.2 Å². The SMILES string of the molecule is CC(F)(F)C(=O)N[C@H]1CC(=O)N(c2ccc3c(-c4ccc(F)cc4)nn(C4CCCCO4)c3c2)[C@@H]1c1ccccc1. The molecular formula is C31H29F3N4O3. The third-order valence-corrected chi connectivity index (χ3v) is 7.69. The van der Waals surface area contributed by atoms with Crippen molar-refractivity contribution >= 4 is 28.4 Å². The van der Waals surface area contributed by atoms with Crippen molar-refractivity contribution in [2.75, 3.05) is 11.5 Å². The summed E-state index contributed by atoms with van der Waals surface area (Å²) in [7, 11) is 0. The first-order chi connectivity index (χ1) is 19.7. The Balaban J connectivity index is 1.46. The van der Waals surface area contributed by atoms with E-state index < -0.39 is 23.9 Å². The number of rotatable bonds is 6. The molecule has 0 saturated carbocycles. The maximum atomic E-state index is 13.8. The van der Waals surface area contributed by atoms with Crippen LogP contribution in [0.5, 0.6) is 0 Å². The second-order valence-electron chi connectivity index (χ2n) is 10.6. The lowest BCUT2D eigenvalue weighted by Gasteiger charge is -2.30. The third-order valence-electron chi connectivity index (χ3n) is 7.69. The molecule has 1 N–H and O–H groups in total. The van der Waals surface area contributed by atoms with Gasteiger partial charge < -0.3 is 15.0 Å². The molecule has 2 amide bonds. The van der Waals surface area contributed by atoms with Crippen LogP contribution < -0.4 is 10.2 Å². The molecule has 0 radical (unpaired) electrons. The van der Waals surface area contributed by atoms with Crippen LogP contribution in [-0.4, -0.2) is 40.2 Å². The Hall–Kier alpha value is -4.18. The highest BCUT2D eigenvalue weighted by atomic mass is 19.3. The molecule has 1 unspecified atom stereocenters. The van der Waals surface area contributed by atoms with Crippen molar-refractivity contribution in [2.24, 2.45) is 0 Å². The maximum Gasteiger partial charge on any atom is 0.321 e. The summed E-state index contributed by atoms with van der Waals surface area (Å²) >= 11 is 0. The molecule has 6 rings (SSSR count). The first kappa shape index (κ1) is 27.0. The smallest absolute Gasteiger partial charge is 0.321 e. The average molecular weight is 563 g/mol. The van der Waals surface area contributed by atoms with Gasteiger partial charge in [-0.1, -0.05) is 30.3 Å². The third kappa shape index (κ3) is 5.19. The van der Waals surface area contributed by atoms with E-state index in [1.54, 1.807) is 35.2 Å². The van der Waals surface area contributed by atoms with E-state index in [1.807, 2.05) is 35.0 Å². The second kappa shape index (κ2) is 10.7. The van der Waals surface area contributed by atoms with E-state index in [-0.39, 0.29) is 24.4 Å². The molecule has 10 heteroatoms. The fraction of sp³-hybridized carbons (Fsp3) is 0.323. The first-order valence-electron chi connectivity index (χ1n) is 13.7. The van der Waals surface area contributed by atoms with Crippen LogP contribution in [0.3, 0.4) is 0 Å². The molecular weight excluding hydrogens is 533 g/mol. The summed E-state index contributed by atoms with van der Waals surface area (Å²) in [6, 6.07) is 19.1. The normalized spacial score (nSPS) is 21.4. The molecule has 2 fully saturated rings. The fourth-order valence-corrected chi connectivity index (χ4v) is 5.73. The lowest BCUT2D eigenvalue weighted by atomic mass is 9.99. The van der Waals surface area contributed by atoms with Crippen molar-refractivity contribution in [2.45, 2.75) is 56.8 Å². The zero-order valence-electron chi connectivity index (χ0n) is 22.4. The number of carbonyl (C=O) groups excluding carboxylic acids is 2. The largest absolute Gasteiger partial charge is 0.356 e. The number of alkyl halides is 2. The average Bonchev–Trinajstić information content (AvgIpc) is 3.51. The number of benzene rings is 3. The highest BCUT2D eigenvalue weighted by Crippen LogP contribution is 2.41. The lowest BCUT2D eigenvalue weighted by molar-refractivity contribution is -0.143. The molecule has 3 aromatic carbocycles. The molecule has 1 aromatic heterocycles. The van der Waals surface area contributed by atoms with Crippen LogP contribution in [0.1, 0.15) is 50.4 Å². The molecule has 212 valence electrons. The zero-order valence-corrected chi connectivity index (χ0v) is 22.4. The number of nitrogens with zero attached hydrogens (tertiary/aromatic N) is 3. The first-order valence-corrected chi connectivity index (χ1v) is 13.7. The number of aromatic nitrogens is 2. The van der Waals surface area contributed by atoms with Crippen molar-refractivity contribution in [3.8, 4) is 11.3 Å². The van der Waals surface area contributed by atoms with Crippen molar-refractivity contribution in [1.82, 2.24) is 15.1 Å². The summed E-state index contributed by atoms with van der Waals surface area (Å²) in [5, 5.41) is 8.09. The minimum atomic E-state index is -3.58. The van der Waals surface area contributed by atoms with Gasteiger partial charge in [-0.3, -0.25) is 9.59 Å². The maximum absolute atomic E-state index is 13.8. The number of carbonyl (C=O) groups is 2. The van der Waals surface area contributed by atoms with Crippen LogP contribution in [0, 0.1) is 5.82 Å². The molecule has 4 aromatic rings. The van der Waals surface area contributed by atoms with Crippen molar-refractivity contribution in [3.63, 3.8) is 0 Å². The van der Waals surface area contributed by atoms with Gasteiger partial charge in [0.25, 0.3) is 5.91 Å². The highest BCUT2D eigenvalue weighted by molar-refractivity contribution is 6.02. The van der Waals surface area contributed by atoms with Gasteiger partial charge in [-0.2, -0.15) is 13.9 Å². The monoisotopic (exact) mass is 562 g/mol. The van der Waals surface area contributed by atoms with Crippen molar-refractivity contribution < 1.29 is 27.5 Å². The van der Waals surface area contributed by atoms with Gasteiger partial charge >= 0.3 is 5.92 Å². The molecule has 7 nitrogen and oxygen atoms in total. The minimum Gasteiger partial charge on any atom is -0.356 e. The predicted octanol–water partition coefficient (Wildman–Crippen LogP) is 6.16. The van der Waals surface area contributed by atoms with E-state index in [2.05, 4.69) is 5.32 Å². The van der Waals surface area contributed by atoms with Gasteiger partial charge in [0.2, 0.25) is 5.91 Å². The Morgan fingerprint density at radius 2 is 1.80 bits per heavy atom. The van der Waals surface area contributed by atoms with E-state index in [4.69, 9.17) is 9.84 Å². The van der Waals surface area contributed by atoms with Crippen LogP contribution in [-0.2, 0) is 14.3 Å². The Labute approximate surface area is 234 Å². The van der Waals surface area contributed by atoms with Gasteiger partial charge in [0.05, 0.1) is 17.6 Å². The summed E-state index contributed by atoms with van der Waals surface area (Å²) < 4.78 is 49.2. The number of hydrogen-bond acceptors (Lipinski definition) is 4. The number of ether oxygens (including phenoxy) is 1. The van der Waals surface area contributed by atoms with E-state index >= 15 is 0 Å². The standard InChI is InChI=1S/C31H29F3N4O3/c1-31(33,34)30(40)35-24-18-26(39)37(29(24)20-7-3-2-4-8-20)22-14-15-23-25(17-22)38(27-9-5-6-16-41-27)36-28(23)19-10-12-21(32)13-11-19/h2-4,7-8,10-15,17,24,27,29H,5-6,9,16,18H2,1H3,(H,35,40)/t24-,27?,29+/m0/s1. The fourth-order valence-electron chi connectivity index (χ4n) is 5.73. The number of anilines is 1. The highest BCUT2D eigenvalue weighted by Gasteiger charge is 2.45. The van der Waals surface area contributed by atoms with Crippen LogP contribution in [0.25, 0.3) is 22.2 Å². The van der Waals surface area contributed by atoms with Gasteiger partial charge in [-0.05, 0) is 67.3 Å². The predicted molar refractivity (Wildman–Crippen MR) is 148 cm³/mol. The quantitative estimate of drug-likeness (QED) is 0.306. The summed E-state index contributed by atoms with van der Waals surface area (Å²) in [4.78, 5) is 27.3. The molecule has 41 heavy (non-hydrogen) atoms. The molecule has 2 saturated heterocycles.